The number of methoxy groups -OCH3 is 3. The Labute approximate surface area is 241 Å². The van der Waals surface area contributed by atoms with Crippen molar-refractivity contribution >= 4 is 28.3 Å². The van der Waals surface area contributed by atoms with E-state index in [9.17, 15) is 13.6 Å². The normalized spacial score (nSPS) is 13.5. The zero-order chi connectivity index (χ0) is 29.8. The molecule has 0 atom stereocenters. The van der Waals surface area contributed by atoms with Crippen LogP contribution < -0.4 is 24.3 Å². The highest BCUT2D eigenvalue weighted by Gasteiger charge is 2.24. The molecule has 5 rings (SSSR count). The summed E-state index contributed by atoms with van der Waals surface area (Å²) in [5.74, 6) is 0.267. The topological polar surface area (TPSA) is 95.0 Å². The number of piperidine rings is 1. The van der Waals surface area contributed by atoms with E-state index < -0.39 is 11.6 Å². The van der Waals surface area contributed by atoms with Gasteiger partial charge in [-0.2, -0.15) is 0 Å². The molecular formula is C31H30F2N4O5. The van der Waals surface area contributed by atoms with Crippen molar-refractivity contribution in [3.05, 3.63) is 73.1 Å². The van der Waals surface area contributed by atoms with E-state index in [1.165, 1.54) is 32.7 Å². The number of nitrogens with one attached hydrogen (secondary N) is 1. The third-order valence-corrected chi connectivity index (χ3v) is 7.15. The molecule has 218 valence electrons. The van der Waals surface area contributed by atoms with Crippen molar-refractivity contribution in [1.82, 2.24) is 14.9 Å². The fourth-order valence-corrected chi connectivity index (χ4v) is 4.93. The highest BCUT2D eigenvalue weighted by atomic mass is 19.1. The highest BCUT2D eigenvalue weighted by molar-refractivity contribution is 5.94. The number of anilines is 2. The van der Waals surface area contributed by atoms with Crippen molar-refractivity contribution in [3.63, 3.8) is 0 Å². The number of nitrogens with zero attached hydrogens (tertiary/aromatic N) is 3. The molecule has 0 bridgehead atoms. The van der Waals surface area contributed by atoms with Crippen LogP contribution in [0.1, 0.15) is 12.8 Å². The second-order valence-electron chi connectivity index (χ2n) is 9.60. The lowest BCUT2D eigenvalue weighted by atomic mass is 10.0. The van der Waals surface area contributed by atoms with Crippen LogP contribution in [-0.2, 0) is 4.79 Å². The number of ether oxygens (including phenoxy) is 4. The van der Waals surface area contributed by atoms with Gasteiger partial charge >= 0.3 is 0 Å². The molecule has 42 heavy (non-hydrogen) atoms. The first kappa shape index (κ1) is 28.6. The largest absolute Gasteiger partial charge is 0.495 e. The molecule has 0 spiro atoms. The van der Waals surface area contributed by atoms with Gasteiger partial charge in [0.25, 0.3) is 0 Å². The third-order valence-electron chi connectivity index (χ3n) is 7.15. The van der Waals surface area contributed by atoms with Gasteiger partial charge in [-0.15, -0.1) is 0 Å². The number of amides is 1. The van der Waals surface area contributed by atoms with Crippen molar-refractivity contribution in [3.8, 4) is 34.1 Å². The molecule has 0 radical (unpaired) electrons. The highest BCUT2D eigenvalue weighted by Crippen LogP contribution is 2.39. The maximum absolute atomic E-state index is 14.8. The summed E-state index contributed by atoms with van der Waals surface area (Å²) in [7, 11) is 4.39. The molecule has 0 aliphatic carbocycles. The molecular weight excluding hydrogens is 546 g/mol. The lowest BCUT2D eigenvalue weighted by molar-refractivity contribution is -0.127. The number of rotatable bonds is 9. The zero-order valence-corrected chi connectivity index (χ0v) is 23.4. The monoisotopic (exact) mass is 576 g/mol. The zero-order valence-electron chi connectivity index (χ0n) is 23.4. The Bertz CT molecular complexity index is 1640. The van der Waals surface area contributed by atoms with Gasteiger partial charge in [0.05, 0.1) is 32.5 Å². The van der Waals surface area contributed by atoms with Gasteiger partial charge in [-0.25, -0.2) is 18.7 Å². The van der Waals surface area contributed by atoms with E-state index in [-0.39, 0.29) is 23.3 Å². The number of hydrogen-bond donors (Lipinski definition) is 1. The minimum atomic E-state index is -0.790. The standard InChI is InChI=1S/C31H30F2N4O5/c1-5-30(38)37-10-8-19(9-11-37)42-29-14-21-24(16-28(29)41-4)34-17-35-31(21)36-25-12-18(6-7-26(25)39-2)20-13-27(40-3)23(33)15-22(20)32/h5-7,12-17,19H,1,8-11H2,2-4H3,(H,34,35,36). The Morgan fingerprint density at radius 2 is 1.67 bits per heavy atom. The predicted molar refractivity (Wildman–Crippen MR) is 155 cm³/mol. The second-order valence-corrected chi connectivity index (χ2v) is 9.60. The first-order chi connectivity index (χ1) is 20.3. The first-order valence-corrected chi connectivity index (χ1v) is 13.2. The number of halogens is 2. The van der Waals surface area contributed by atoms with Crippen molar-refractivity contribution < 1.29 is 32.5 Å². The summed E-state index contributed by atoms with van der Waals surface area (Å²) in [4.78, 5) is 22.5. The second kappa shape index (κ2) is 12.3. The third kappa shape index (κ3) is 5.76. The predicted octanol–water partition coefficient (Wildman–Crippen LogP) is 5.90. The van der Waals surface area contributed by atoms with Crippen LogP contribution in [0.15, 0.2) is 61.4 Å². The SMILES string of the molecule is C=CC(=O)N1CCC(Oc2cc3c(Nc4cc(-c5cc(OC)c(F)cc5F)ccc4OC)ncnc3cc2OC)CC1. The van der Waals surface area contributed by atoms with Gasteiger partial charge in [0.2, 0.25) is 5.91 Å². The number of carbonyl (C=O) groups excluding carboxylic acids is 1. The molecule has 1 aliphatic heterocycles. The van der Waals surface area contributed by atoms with Gasteiger partial charge in [-0.05, 0) is 35.9 Å². The molecule has 1 amide bonds. The lowest BCUT2D eigenvalue weighted by Crippen LogP contribution is -2.41. The molecule has 1 saturated heterocycles. The van der Waals surface area contributed by atoms with Crippen LogP contribution in [0.5, 0.6) is 23.0 Å². The fraction of sp³-hybridized carbons (Fsp3) is 0.258. The number of aromatic nitrogens is 2. The van der Waals surface area contributed by atoms with Crippen LogP contribution in [0.25, 0.3) is 22.0 Å². The van der Waals surface area contributed by atoms with Gasteiger partial charge in [0.15, 0.2) is 23.1 Å². The molecule has 0 saturated carbocycles. The summed E-state index contributed by atoms with van der Waals surface area (Å²) in [6, 6.07) is 10.7. The van der Waals surface area contributed by atoms with E-state index >= 15 is 0 Å². The lowest BCUT2D eigenvalue weighted by Gasteiger charge is -2.31. The Hall–Kier alpha value is -4.93. The van der Waals surface area contributed by atoms with Crippen LogP contribution in [-0.4, -0.2) is 61.3 Å². The molecule has 2 heterocycles. The molecule has 11 heteroatoms. The Morgan fingerprint density at radius 3 is 2.36 bits per heavy atom. The average molecular weight is 577 g/mol. The summed E-state index contributed by atoms with van der Waals surface area (Å²) in [6.45, 7) is 4.69. The quantitative estimate of drug-likeness (QED) is 0.246. The Morgan fingerprint density at radius 1 is 0.929 bits per heavy atom. The van der Waals surface area contributed by atoms with Crippen LogP contribution in [0.2, 0.25) is 0 Å². The van der Waals surface area contributed by atoms with Gasteiger partial charge < -0.3 is 29.2 Å². The van der Waals surface area contributed by atoms with Crippen molar-refractivity contribution in [2.75, 3.05) is 39.7 Å². The summed E-state index contributed by atoms with van der Waals surface area (Å²) in [5.41, 5.74) is 1.73. The van der Waals surface area contributed by atoms with E-state index in [0.717, 1.165) is 6.07 Å². The van der Waals surface area contributed by atoms with Crippen LogP contribution in [0.3, 0.4) is 0 Å². The average Bonchev–Trinajstić information content (AvgIpc) is 3.01. The van der Waals surface area contributed by atoms with Gasteiger partial charge in [-0.3, -0.25) is 4.79 Å². The van der Waals surface area contributed by atoms with Gasteiger partial charge in [-0.1, -0.05) is 12.6 Å². The van der Waals surface area contributed by atoms with E-state index in [1.807, 2.05) is 0 Å². The number of benzene rings is 3. The summed E-state index contributed by atoms with van der Waals surface area (Å²) < 4.78 is 51.3. The van der Waals surface area contributed by atoms with E-state index in [1.54, 1.807) is 42.3 Å². The molecule has 1 N–H and O–H groups in total. The number of fused-ring (bicyclic) bond motifs is 1. The molecule has 4 aromatic rings. The maximum atomic E-state index is 14.8. The minimum Gasteiger partial charge on any atom is -0.495 e. The summed E-state index contributed by atoms with van der Waals surface area (Å²) in [6.07, 6.45) is 3.93. The van der Waals surface area contributed by atoms with Crippen molar-refractivity contribution in [1.29, 1.82) is 0 Å². The van der Waals surface area contributed by atoms with Gasteiger partial charge in [0, 0.05) is 49.0 Å². The molecule has 0 unspecified atom stereocenters. The smallest absolute Gasteiger partial charge is 0.245 e. The Kier molecular flexibility index (Phi) is 8.37. The Balaban J connectivity index is 1.48. The van der Waals surface area contributed by atoms with E-state index in [2.05, 4.69) is 21.9 Å². The number of carbonyl (C=O) groups is 1. The summed E-state index contributed by atoms with van der Waals surface area (Å²) in [5, 5.41) is 3.92. The van der Waals surface area contributed by atoms with Crippen molar-refractivity contribution in [2.24, 2.45) is 0 Å². The molecule has 3 aromatic carbocycles. The minimum absolute atomic E-state index is 0.0713. The van der Waals surface area contributed by atoms with E-state index in [0.29, 0.717) is 71.2 Å². The van der Waals surface area contributed by atoms with Gasteiger partial charge in [0.1, 0.15) is 29.8 Å². The first-order valence-electron chi connectivity index (χ1n) is 13.2. The maximum Gasteiger partial charge on any atom is 0.245 e. The van der Waals surface area contributed by atoms with Crippen LogP contribution >= 0.6 is 0 Å². The number of hydrogen-bond acceptors (Lipinski definition) is 8. The molecule has 1 fully saturated rings. The van der Waals surface area contributed by atoms with E-state index in [4.69, 9.17) is 18.9 Å². The summed E-state index contributed by atoms with van der Waals surface area (Å²) >= 11 is 0. The molecule has 1 aromatic heterocycles. The molecule has 9 nitrogen and oxygen atoms in total. The van der Waals surface area contributed by atoms with Crippen LogP contribution in [0.4, 0.5) is 20.3 Å². The van der Waals surface area contributed by atoms with Crippen LogP contribution in [0, 0.1) is 11.6 Å². The fourth-order valence-electron chi connectivity index (χ4n) is 4.93. The number of likely N-dealkylation sites (tertiary alicyclic amines) is 1. The molecule has 1 aliphatic rings. The van der Waals surface area contributed by atoms with Crippen molar-refractivity contribution in [2.45, 2.75) is 18.9 Å².